The lowest BCUT2D eigenvalue weighted by molar-refractivity contribution is -0.115. The Bertz CT molecular complexity index is 812. The first-order chi connectivity index (χ1) is 13.5. The number of carbonyl (C=O) groups excluding carboxylic acids is 2. The van der Waals surface area contributed by atoms with Crippen molar-refractivity contribution < 1.29 is 9.59 Å². The molecule has 6 nitrogen and oxygen atoms in total. The van der Waals surface area contributed by atoms with Crippen LogP contribution in [0.2, 0.25) is 0 Å². The maximum Gasteiger partial charge on any atom is 0.251 e. The average molecular weight is 380 g/mol. The molecule has 2 aromatic rings. The van der Waals surface area contributed by atoms with Gasteiger partial charge in [-0.2, -0.15) is 0 Å². The summed E-state index contributed by atoms with van der Waals surface area (Å²) in [6.07, 6.45) is 4.63. The van der Waals surface area contributed by atoms with E-state index in [0.717, 1.165) is 30.4 Å². The predicted molar refractivity (Wildman–Crippen MR) is 111 cm³/mol. The number of aromatic nitrogens is 1. The van der Waals surface area contributed by atoms with E-state index in [1.165, 1.54) is 12.8 Å². The van der Waals surface area contributed by atoms with Crippen LogP contribution in [0.3, 0.4) is 0 Å². The lowest BCUT2D eigenvalue weighted by Gasteiger charge is -2.31. The fraction of sp³-hybridized carbons (Fsp3) is 0.409. The molecule has 0 spiro atoms. The Kier molecular flexibility index (Phi) is 6.63. The Balaban J connectivity index is 1.54. The summed E-state index contributed by atoms with van der Waals surface area (Å²) in [5.41, 5.74) is 2.10. The maximum absolute atomic E-state index is 12.4. The normalized spacial score (nSPS) is 14.6. The van der Waals surface area contributed by atoms with Crippen LogP contribution in [0, 0.1) is 5.92 Å². The van der Waals surface area contributed by atoms with Crippen molar-refractivity contribution in [3.05, 3.63) is 53.7 Å². The van der Waals surface area contributed by atoms with E-state index < -0.39 is 0 Å². The van der Waals surface area contributed by atoms with Gasteiger partial charge in [0.2, 0.25) is 5.91 Å². The van der Waals surface area contributed by atoms with Crippen molar-refractivity contribution in [3.63, 3.8) is 0 Å². The van der Waals surface area contributed by atoms with Crippen molar-refractivity contribution >= 4 is 23.3 Å². The third-order valence-electron chi connectivity index (χ3n) is 5.10. The van der Waals surface area contributed by atoms with Crippen LogP contribution < -0.4 is 15.5 Å². The minimum atomic E-state index is -0.179. The first-order valence-corrected chi connectivity index (χ1v) is 9.93. The number of piperidine rings is 1. The van der Waals surface area contributed by atoms with Gasteiger partial charge in [-0.05, 0) is 48.6 Å². The number of nitrogens with zero attached hydrogens (tertiary/aromatic N) is 2. The molecular formula is C22H28N4O2. The highest BCUT2D eigenvalue weighted by Crippen LogP contribution is 2.21. The van der Waals surface area contributed by atoms with Crippen molar-refractivity contribution in [1.29, 1.82) is 0 Å². The molecule has 28 heavy (non-hydrogen) atoms. The van der Waals surface area contributed by atoms with Crippen LogP contribution in [0.15, 0.2) is 42.6 Å². The van der Waals surface area contributed by atoms with E-state index in [1.807, 2.05) is 18.3 Å². The van der Waals surface area contributed by atoms with E-state index >= 15 is 0 Å². The summed E-state index contributed by atoms with van der Waals surface area (Å²) in [4.78, 5) is 30.8. The van der Waals surface area contributed by atoms with E-state index in [0.29, 0.717) is 24.2 Å². The van der Waals surface area contributed by atoms with Crippen molar-refractivity contribution in [1.82, 2.24) is 10.3 Å². The molecule has 1 aromatic carbocycles. The summed E-state index contributed by atoms with van der Waals surface area (Å²) in [5.74, 6) is 1.54. The second kappa shape index (κ2) is 9.35. The molecule has 6 heteroatoms. The number of amides is 2. The van der Waals surface area contributed by atoms with Crippen LogP contribution in [-0.2, 0) is 11.3 Å². The Morgan fingerprint density at radius 1 is 1.18 bits per heavy atom. The monoisotopic (exact) mass is 380 g/mol. The van der Waals surface area contributed by atoms with Gasteiger partial charge in [0.15, 0.2) is 0 Å². The van der Waals surface area contributed by atoms with Gasteiger partial charge >= 0.3 is 0 Å². The molecule has 0 saturated carbocycles. The quantitative estimate of drug-likeness (QED) is 0.803. The van der Waals surface area contributed by atoms with Gasteiger partial charge in [0.05, 0.1) is 0 Å². The number of nitrogens with one attached hydrogen (secondary N) is 2. The zero-order chi connectivity index (χ0) is 19.9. The summed E-state index contributed by atoms with van der Waals surface area (Å²) < 4.78 is 0. The molecule has 2 heterocycles. The van der Waals surface area contributed by atoms with Crippen molar-refractivity contribution in [2.75, 3.05) is 23.3 Å². The van der Waals surface area contributed by atoms with Crippen LogP contribution >= 0.6 is 0 Å². The summed E-state index contributed by atoms with van der Waals surface area (Å²) >= 11 is 0. The number of hydrogen-bond donors (Lipinski definition) is 2. The molecule has 0 bridgehead atoms. The Hall–Kier alpha value is -2.89. The third kappa shape index (κ3) is 5.31. The van der Waals surface area contributed by atoms with Crippen LogP contribution in [0.25, 0.3) is 0 Å². The molecule has 0 aliphatic carbocycles. The zero-order valence-corrected chi connectivity index (χ0v) is 16.6. The smallest absolute Gasteiger partial charge is 0.251 e. The number of rotatable bonds is 6. The molecule has 2 N–H and O–H groups in total. The lowest BCUT2D eigenvalue weighted by Crippen LogP contribution is -2.33. The second-order valence-corrected chi connectivity index (χ2v) is 7.36. The Morgan fingerprint density at radius 2 is 1.96 bits per heavy atom. The van der Waals surface area contributed by atoms with E-state index in [1.54, 1.807) is 31.2 Å². The van der Waals surface area contributed by atoms with E-state index in [-0.39, 0.29) is 11.8 Å². The van der Waals surface area contributed by atoms with E-state index in [4.69, 9.17) is 0 Å². The zero-order valence-electron chi connectivity index (χ0n) is 16.6. The molecule has 3 rings (SSSR count). The highest BCUT2D eigenvalue weighted by molar-refractivity contribution is 5.97. The molecule has 1 aromatic heterocycles. The van der Waals surface area contributed by atoms with Gasteiger partial charge in [-0.25, -0.2) is 4.98 Å². The molecule has 1 aliphatic rings. The summed E-state index contributed by atoms with van der Waals surface area (Å²) in [7, 11) is 0. The molecule has 1 fully saturated rings. The Labute approximate surface area is 166 Å². The molecule has 148 valence electrons. The van der Waals surface area contributed by atoms with Gasteiger partial charge in [-0.3, -0.25) is 9.59 Å². The number of pyridine rings is 1. The molecule has 0 radical (unpaired) electrons. The van der Waals surface area contributed by atoms with Crippen LogP contribution in [0.4, 0.5) is 11.5 Å². The summed E-state index contributed by atoms with van der Waals surface area (Å²) in [6, 6.07) is 11.0. The predicted octanol–water partition coefficient (Wildman–Crippen LogP) is 3.60. The molecule has 1 saturated heterocycles. The maximum atomic E-state index is 12.4. The van der Waals surface area contributed by atoms with Crippen molar-refractivity contribution in [3.8, 4) is 0 Å². The minimum absolute atomic E-state index is 0.0770. The number of benzene rings is 1. The van der Waals surface area contributed by atoms with Crippen LogP contribution in [-0.4, -0.2) is 29.9 Å². The first kappa shape index (κ1) is 19.9. The molecule has 1 aliphatic heterocycles. The van der Waals surface area contributed by atoms with Gasteiger partial charge in [0.1, 0.15) is 5.82 Å². The summed E-state index contributed by atoms with van der Waals surface area (Å²) in [5, 5.41) is 5.68. The molecule has 2 amide bonds. The SMILES string of the molecule is CCC(=O)Nc1cccc(C(=O)NCc2ccc(N3CCC(C)CC3)nc2)c1. The van der Waals surface area contributed by atoms with Crippen LogP contribution in [0.5, 0.6) is 0 Å². The Morgan fingerprint density at radius 3 is 2.64 bits per heavy atom. The topological polar surface area (TPSA) is 74.3 Å². The first-order valence-electron chi connectivity index (χ1n) is 9.93. The lowest BCUT2D eigenvalue weighted by atomic mass is 9.99. The fourth-order valence-electron chi connectivity index (χ4n) is 3.22. The highest BCUT2D eigenvalue weighted by Gasteiger charge is 2.16. The van der Waals surface area contributed by atoms with E-state index in [9.17, 15) is 9.59 Å². The molecular weight excluding hydrogens is 352 g/mol. The van der Waals surface area contributed by atoms with Gasteiger partial charge in [0.25, 0.3) is 5.91 Å². The largest absolute Gasteiger partial charge is 0.357 e. The van der Waals surface area contributed by atoms with Gasteiger partial charge in [-0.1, -0.05) is 26.0 Å². The van der Waals surface area contributed by atoms with Crippen LogP contribution in [0.1, 0.15) is 49.0 Å². The summed E-state index contributed by atoms with van der Waals surface area (Å²) in [6.45, 7) is 6.60. The van der Waals surface area contributed by atoms with E-state index in [2.05, 4.69) is 27.4 Å². The number of carbonyl (C=O) groups is 2. The van der Waals surface area contributed by atoms with Gasteiger partial charge in [-0.15, -0.1) is 0 Å². The van der Waals surface area contributed by atoms with Crippen molar-refractivity contribution in [2.45, 2.75) is 39.7 Å². The fourth-order valence-corrected chi connectivity index (χ4v) is 3.22. The number of hydrogen-bond acceptors (Lipinski definition) is 4. The third-order valence-corrected chi connectivity index (χ3v) is 5.10. The van der Waals surface area contributed by atoms with Crippen molar-refractivity contribution in [2.24, 2.45) is 5.92 Å². The molecule has 0 atom stereocenters. The highest BCUT2D eigenvalue weighted by atomic mass is 16.2. The second-order valence-electron chi connectivity index (χ2n) is 7.36. The standard InChI is InChI=1S/C22H28N4O2/c1-3-21(27)25-19-6-4-5-18(13-19)22(28)24-15-17-7-8-20(23-14-17)26-11-9-16(2)10-12-26/h4-8,13-14,16H,3,9-12,15H2,1-2H3,(H,24,28)(H,25,27). The average Bonchev–Trinajstić information content (AvgIpc) is 2.73. The number of anilines is 2. The molecule has 0 unspecified atom stereocenters. The minimum Gasteiger partial charge on any atom is -0.357 e. The van der Waals surface area contributed by atoms with Gasteiger partial charge in [0, 0.05) is 43.5 Å². The van der Waals surface area contributed by atoms with Gasteiger partial charge < -0.3 is 15.5 Å².